The predicted molar refractivity (Wildman–Crippen MR) is 37.9 cm³/mol. The van der Waals surface area contributed by atoms with Gasteiger partial charge in [0, 0.05) is 18.0 Å². The number of epoxide rings is 1. The van der Waals surface area contributed by atoms with E-state index in [1.807, 2.05) is 0 Å². The number of ether oxygens (including phenoxy) is 1. The molecule has 1 aliphatic heterocycles. The largest absolute Gasteiger partial charge is 0.416 e. The second-order valence-electron chi connectivity index (χ2n) is 2.78. The highest BCUT2D eigenvalue weighted by molar-refractivity contribution is 5.30. The van der Waals surface area contributed by atoms with E-state index in [9.17, 15) is 13.2 Å². The molecule has 13 heavy (non-hydrogen) atoms. The van der Waals surface area contributed by atoms with Crippen LogP contribution in [0.1, 0.15) is 17.2 Å². The van der Waals surface area contributed by atoms with E-state index in [0.717, 1.165) is 12.3 Å². The lowest BCUT2D eigenvalue weighted by Gasteiger charge is -2.09. The molecule has 1 saturated heterocycles. The van der Waals surface area contributed by atoms with Gasteiger partial charge in [0.15, 0.2) is 0 Å². The monoisotopic (exact) mass is 189 g/mol. The summed E-state index contributed by atoms with van der Waals surface area (Å²) < 4.78 is 41.8. The van der Waals surface area contributed by atoms with Gasteiger partial charge in [-0.05, 0) is 6.07 Å². The molecule has 5 heteroatoms. The van der Waals surface area contributed by atoms with E-state index in [2.05, 4.69) is 4.98 Å². The molecule has 1 atom stereocenters. The molecule has 0 N–H and O–H groups in total. The first-order chi connectivity index (χ1) is 6.09. The minimum atomic E-state index is -4.32. The van der Waals surface area contributed by atoms with E-state index in [1.165, 1.54) is 6.20 Å². The van der Waals surface area contributed by atoms with E-state index >= 15 is 0 Å². The lowest BCUT2D eigenvalue weighted by molar-refractivity contribution is -0.138. The molecule has 0 aliphatic carbocycles. The van der Waals surface area contributed by atoms with Crippen molar-refractivity contribution >= 4 is 0 Å². The summed E-state index contributed by atoms with van der Waals surface area (Å²) in [6.07, 6.45) is -2.38. The van der Waals surface area contributed by atoms with Crippen molar-refractivity contribution in [1.29, 1.82) is 0 Å². The second-order valence-corrected chi connectivity index (χ2v) is 2.78. The first-order valence-corrected chi connectivity index (χ1v) is 3.72. The number of hydrogen-bond donors (Lipinski definition) is 0. The SMILES string of the molecule is FC(F)(F)c1ccncc1[C@H]1CO1. The fourth-order valence-electron chi connectivity index (χ4n) is 1.15. The van der Waals surface area contributed by atoms with Crippen LogP contribution in [0.3, 0.4) is 0 Å². The summed E-state index contributed by atoms with van der Waals surface area (Å²) in [4.78, 5) is 3.64. The summed E-state index contributed by atoms with van der Waals surface area (Å²) >= 11 is 0. The maximum Gasteiger partial charge on any atom is 0.416 e. The third-order valence-corrected chi connectivity index (χ3v) is 1.84. The highest BCUT2D eigenvalue weighted by atomic mass is 19.4. The molecule has 0 spiro atoms. The van der Waals surface area contributed by atoms with Gasteiger partial charge >= 0.3 is 6.18 Å². The van der Waals surface area contributed by atoms with Crippen LogP contribution in [0.2, 0.25) is 0 Å². The Bertz CT molecular complexity index is 319. The summed E-state index contributed by atoms with van der Waals surface area (Å²) in [5.41, 5.74) is -0.514. The molecule has 70 valence electrons. The van der Waals surface area contributed by atoms with Crippen LogP contribution in [-0.2, 0) is 10.9 Å². The molecule has 1 aromatic rings. The van der Waals surface area contributed by atoms with Gasteiger partial charge in [0.1, 0.15) is 6.10 Å². The van der Waals surface area contributed by atoms with E-state index in [1.54, 1.807) is 0 Å². The van der Waals surface area contributed by atoms with Gasteiger partial charge in [-0.3, -0.25) is 4.98 Å². The van der Waals surface area contributed by atoms with Gasteiger partial charge in [-0.1, -0.05) is 0 Å². The van der Waals surface area contributed by atoms with Crippen molar-refractivity contribution in [2.45, 2.75) is 12.3 Å². The van der Waals surface area contributed by atoms with Gasteiger partial charge in [-0.15, -0.1) is 0 Å². The summed E-state index contributed by atoms with van der Waals surface area (Å²) in [5, 5.41) is 0. The number of halogens is 3. The van der Waals surface area contributed by atoms with Crippen molar-refractivity contribution in [2.24, 2.45) is 0 Å². The van der Waals surface area contributed by atoms with E-state index < -0.39 is 17.8 Å². The molecule has 0 aromatic carbocycles. The van der Waals surface area contributed by atoms with Crippen molar-refractivity contribution in [3.05, 3.63) is 29.6 Å². The van der Waals surface area contributed by atoms with Crippen LogP contribution in [0, 0.1) is 0 Å². The van der Waals surface area contributed by atoms with Crippen molar-refractivity contribution in [3.8, 4) is 0 Å². The fraction of sp³-hybridized carbons (Fsp3) is 0.375. The van der Waals surface area contributed by atoms with Crippen LogP contribution in [0.15, 0.2) is 18.5 Å². The Balaban J connectivity index is 2.43. The quantitative estimate of drug-likeness (QED) is 0.632. The zero-order valence-electron chi connectivity index (χ0n) is 6.51. The molecule has 0 amide bonds. The van der Waals surface area contributed by atoms with Gasteiger partial charge in [0.2, 0.25) is 0 Å². The van der Waals surface area contributed by atoms with E-state index in [-0.39, 0.29) is 5.56 Å². The van der Waals surface area contributed by atoms with Gasteiger partial charge in [0.25, 0.3) is 0 Å². The molecular weight excluding hydrogens is 183 g/mol. The number of alkyl halides is 3. The second kappa shape index (κ2) is 2.70. The Hall–Kier alpha value is -1.10. The number of nitrogens with zero attached hydrogens (tertiary/aromatic N) is 1. The molecule has 1 aromatic heterocycles. The molecule has 0 unspecified atom stereocenters. The highest BCUT2D eigenvalue weighted by Gasteiger charge is 2.38. The Morgan fingerprint density at radius 3 is 2.69 bits per heavy atom. The smallest absolute Gasteiger partial charge is 0.368 e. The summed E-state index contributed by atoms with van der Waals surface area (Å²) in [7, 11) is 0. The zero-order chi connectivity index (χ0) is 9.47. The van der Waals surface area contributed by atoms with Crippen LogP contribution in [0.25, 0.3) is 0 Å². The van der Waals surface area contributed by atoms with E-state index in [4.69, 9.17) is 4.74 Å². The maximum atomic E-state index is 12.4. The Morgan fingerprint density at radius 2 is 2.15 bits per heavy atom. The zero-order valence-corrected chi connectivity index (χ0v) is 6.51. The van der Waals surface area contributed by atoms with Crippen LogP contribution in [-0.4, -0.2) is 11.6 Å². The minimum absolute atomic E-state index is 0.134. The topological polar surface area (TPSA) is 25.4 Å². The van der Waals surface area contributed by atoms with Crippen LogP contribution >= 0.6 is 0 Å². The van der Waals surface area contributed by atoms with Crippen molar-refractivity contribution in [3.63, 3.8) is 0 Å². The standard InChI is InChI=1S/C8H6F3NO/c9-8(10,11)6-1-2-12-3-5(6)7-4-13-7/h1-3,7H,4H2/t7-/m1/s1. The first kappa shape index (κ1) is 8.50. The van der Waals surface area contributed by atoms with Gasteiger partial charge in [-0.25, -0.2) is 0 Å². The first-order valence-electron chi connectivity index (χ1n) is 3.72. The molecule has 2 rings (SSSR count). The molecule has 1 fully saturated rings. The van der Waals surface area contributed by atoms with Crippen LogP contribution < -0.4 is 0 Å². The third kappa shape index (κ3) is 1.65. The molecule has 0 saturated carbocycles. The van der Waals surface area contributed by atoms with Gasteiger partial charge in [0.05, 0.1) is 12.2 Å². The molecule has 2 heterocycles. The van der Waals surface area contributed by atoms with Gasteiger partial charge < -0.3 is 4.74 Å². The normalized spacial score (nSPS) is 21.6. The molecule has 0 bridgehead atoms. The number of hydrogen-bond acceptors (Lipinski definition) is 2. The Morgan fingerprint density at radius 1 is 1.46 bits per heavy atom. The number of aromatic nitrogens is 1. The minimum Gasteiger partial charge on any atom is -0.368 e. The Kier molecular flexibility index (Phi) is 1.76. The molecule has 1 aliphatic rings. The lowest BCUT2D eigenvalue weighted by Crippen LogP contribution is -2.09. The number of pyridine rings is 1. The van der Waals surface area contributed by atoms with Crippen molar-refractivity contribution in [2.75, 3.05) is 6.61 Å². The predicted octanol–water partition coefficient (Wildman–Crippen LogP) is 2.17. The molecule has 0 radical (unpaired) electrons. The van der Waals surface area contributed by atoms with Gasteiger partial charge in [-0.2, -0.15) is 13.2 Å². The number of rotatable bonds is 1. The maximum absolute atomic E-state index is 12.4. The average Bonchev–Trinajstić information content (AvgIpc) is 2.85. The summed E-state index contributed by atoms with van der Waals surface area (Å²) in [5.74, 6) is 0. The third-order valence-electron chi connectivity index (χ3n) is 1.84. The summed E-state index contributed by atoms with van der Waals surface area (Å²) in [6, 6.07) is 0.969. The van der Waals surface area contributed by atoms with Crippen molar-refractivity contribution in [1.82, 2.24) is 4.98 Å². The Labute approximate surface area is 72.4 Å². The molecule has 2 nitrogen and oxygen atoms in total. The fourth-order valence-corrected chi connectivity index (χ4v) is 1.15. The van der Waals surface area contributed by atoms with Crippen molar-refractivity contribution < 1.29 is 17.9 Å². The van der Waals surface area contributed by atoms with Crippen LogP contribution in [0.5, 0.6) is 0 Å². The van der Waals surface area contributed by atoms with Crippen LogP contribution in [0.4, 0.5) is 13.2 Å². The van der Waals surface area contributed by atoms with E-state index in [0.29, 0.717) is 6.61 Å². The highest BCUT2D eigenvalue weighted by Crippen LogP contribution is 2.39. The molecular formula is C8H6F3NO. The lowest BCUT2D eigenvalue weighted by atomic mass is 10.1. The average molecular weight is 189 g/mol. The summed E-state index contributed by atoms with van der Waals surface area (Å²) in [6.45, 7) is 0.356.